The van der Waals surface area contributed by atoms with Crippen molar-refractivity contribution < 1.29 is 23.9 Å². The first kappa shape index (κ1) is 31.8. The van der Waals surface area contributed by atoms with Crippen molar-refractivity contribution in [1.29, 1.82) is 0 Å². The minimum Gasteiger partial charge on any atom is -0.467 e. The van der Waals surface area contributed by atoms with Gasteiger partial charge in [-0.1, -0.05) is 50.6 Å². The second-order valence-electron chi connectivity index (χ2n) is 10.1. The van der Waals surface area contributed by atoms with Crippen LogP contribution in [-0.4, -0.2) is 79.3 Å². The summed E-state index contributed by atoms with van der Waals surface area (Å²) >= 11 is 1.60. The minimum atomic E-state index is -0.716. The van der Waals surface area contributed by atoms with Gasteiger partial charge in [0.2, 0.25) is 5.91 Å². The molecule has 204 valence electrons. The van der Waals surface area contributed by atoms with E-state index in [0.29, 0.717) is 19.4 Å². The molecule has 0 aliphatic rings. The Labute approximate surface area is 221 Å². The van der Waals surface area contributed by atoms with Gasteiger partial charge in [-0.2, -0.15) is 11.8 Å². The van der Waals surface area contributed by atoms with Crippen molar-refractivity contribution >= 4 is 29.7 Å². The van der Waals surface area contributed by atoms with Crippen molar-refractivity contribution in [2.75, 3.05) is 32.7 Å². The first-order chi connectivity index (χ1) is 16.9. The predicted octanol–water partition coefficient (Wildman–Crippen LogP) is 3.88. The number of ether oxygens (including phenoxy) is 2. The quantitative estimate of drug-likeness (QED) is 0.357. The summed E-state index contributed by atoms with van der Waals surface area (Å²) in [5.41, 5.74) is 0.397. The summed E-state index contributed by atoms with van der Waals surface area (Å²) in [4.78, 5) is 40.3. The Morgan fingerprint density at radius 1 is 1.11 bits per heavy atom. The van der Waals surface area contributed by atoms with E-state index in [4.69, 9.17) is 9.47 Å². The molecule has 2 N–H and O–H groups in total. The summed E-state index contributed by atoms with van der Waals surface area (Å²) in [7, 11) is 3.20. The van der Waals surface area contributed by atoms with E-state index < -0.39 is 29.7 Å². The lowest BCUT2D eigenvalue weighted by atomic mass is 9.97. The molecule has 0 spiro atoms. The van der Waals surface area contributed by atoms with E-state index in [-0.39, 0.29) is 17.9 Å². The second kappa shape index (κ2) is 15.8. The van der Waals surface area contributed by atoms with E-state index in [9.17, 15) is 14.4 Å². The van der Waals surface area contributed by atoms with Crippen LogP contribution in [0.4, 0.5) is 4.79 Å². The predicted molar refractivity (Wildman–Crippen MR) is 146 cm³/mol. The molecule has 0 fully saturated rings. The van der Waals surface area contributed by atoms with Crippen molar-refractivity contribution in [2.45, 2.75) is 77.6 Å². The van der Waals surface area contributed by atoms with E-state index in [1.807, 2.05) is 69.3 Å². The van der Waals surface area contributed by atoms with Crippen LogP contribution in [0.5, 0.6) is 0 Å². The summed E-state index contributed by atoms with van der Waals surface area (Å²) in [5.74, 6) is 0.167. The normalized spacial score (nSPS) is 14.9. The Morgan fingerprint density at radius 3 is 2.28 bits per heavy atom. The molecule has 1 aromatic rings. The highest BCUT2D eigenvalue weighted by atomic mass is 32.2. The van der Waals surface area contributed by atoms with Gasteiger partial charge < -0.3 is 20.1 Å². The number of alkyl carbamates (subject to hydrolysis) is 1. The Balaban J connectivity index is 3.14. The average molecular weight is 524 g/mol. The van der Waals surface area contributed by atoms with Gasteiger partial charge in [0.15, 0.2) is 0 Å². The molecule has 0 aliphatic heterocycles. The molecule has 0 bridgehead atoms. The lowest BCUT2D eigenvalue weighted by molar-refractivity contribution is -0.145. The van der Waals surface area contributed by atoms with Gasteiger partial charge in [-0.25, -0.2) is 9.59 Å². The molecule has 2 amide bonds. The largest absolute Gasteiger partial charge is 0.467 e. The van der Waals surface area contributed by atoms with Gasteiger partial charge in [0, 0.05) is 12.6 Å². The van der Waals surface area contributed by atoms with Crippen LogP contribution in [0.1, 0.15) is 53.0 Å². The average Bonchev–Trinajstić information content (AvgIpc) is 2.82. The number of hydrogen-bond acceptors (Lipinski definition) is 7. The number of thioether (sulfide) groups is 1. The van der Waals surface area contributed by atoms with E-state index >= 15 is 0 Å². The summed E-state index contributed by atoms with van der Waals surface area (Å²) in [5, 5.41) is 5.91. The van der Waals surface area contributed by atoms with Crippen LogP contribution in [0, 0.1) is 5.92 Å². The Hall–Kier alpha value is -2.26. The van der Waals surface area contributed by atoms with E-state index in [1.54, 1.807) is 11.8 Å². The third-order valence-electron chi connectivity index (χ3n) is 6.04. The number of likely N-dealkylation sites (N-methyl/N-ethyl adjacent to an activating group) is 1. The molecule has 0 heterocycles. The zero-order valence-corrected chi connectivity index (χ0v) is 23.9. The van der Waals surface area contributed by atoms with Gasteiger partial charge in [0.25, 0.3) is 0 Å². The monoisotopic (exact) mass is 523 g/mol. The van der Waals surface area contributed by atoms with Gasteiger partial charge in [-0.15, -0.1) is 0 Å². The lowest BCUT2D eigenvalue weighted by Crippen LogP contribution is -2.55. The molecule has 9 heteroatoms. The van der Waals surface area contributed by atoms with Crippen molar-refractivity contribution in [1.82, 2.24) is 15.5 Å². The number of carbonyl (C=O) groups excluding carboxylic acids is 3. The van der Waals surface area contributed by atoms with Crippen LogP contribution in [0.3, 0.4) is 0 Å². The van der Waals surface area contributed by atoms with Crippen LogP contribution in [-0.2, 0) is 25.5 Å². The number of rotatable bonds is 14. The number of esters is 1. The number of benzene rings is 1. The fraction of sp³-hybridized carbons (Fsp3) is 0.667. The molecule has 0 saturated carbocycles. The number of methoxy groups -OCH3 is 1. The maximum atomic E-state index is 13.5. The van der Waals surface area contributed by atoms with Crippen molar-refractivity contribution in [3.63, 3.8) is 0 Å². The summed E-state index contributed by atoms with van der Waals surface area (Å²) in [6.45, 7) is 10.0. The molecule has 1 rings (SSSR count). The highest BCUT2D eigenvalue weighted by Gasteiger charge is 2.31. The highest BCUT2D eigenvalue weighted by Crippen LogP contribution is 2.16. The van der Waals surface area contributed by atoms with Crippen molar-refractivity contribution in [3.05, 3.63) is 35.9 Å². The number of amides is 2. The first-order valence-corrected chi connectivity index (χ1v) is 13.9. The summed E-state index contributed by atoms with van der Waals surface area (Å²) < 4.78 is 10.4. The maximum Gasteiger partial charge on any atom is 0.407 e. The third kappa shape index (κ3) is 11.6. The van der Waals surface area contributed by atoms with E-state index in [1.165, 1.54) is 7.11 Å². The molecule has 4 atom stereocenters. The Bertz CT molecular complexity index is 815. The molecule has 0 aliphatic carbocycles. The molecule has 0 saturated heterocycles. The topological polar surface area (TPSA) is 97.0 Å². The van der Waals surface area contributed by atoms with Crippen LogP contribution in [0.15, 0.2) is 30.3 Å². The number of hydrogen-bond donors (Lipinski definition) is 2. The molecule has 0 unspecified atom stereocenters. The van der Waals surface area contributed by atoms with Gasteiger partial charge in [-0.05, 0) is 64.2 Å². The van der Waals surface area contributed by atoms with E-state index in [0.717, 1.165) is 17.7 Å². The Kier molecular flexibility index (Phi) is 13.9. The lowest BCUT2D eigenvalue weighted by Gasteiger charge is -2.34. The SMILES string of the molecule is CC[C@H](C)[C@@H](CN(C)[C@@H](Cc1ccccc1)C(=O)N[C@@H](CCSC)C(=O)OC)NC(=O)OC(C)(C)C. The number of nitrogens with zero attached hydrogens (tertiary/aromatic N) is 1. The molecule has 1 aromatic carbocycles. The molecule has 36 heavy (non-hydrogen) atoms. The zero-order chi connectivity index (χ0) is 27.3. The van der Waals surface area contributed by atoms with Crippen molar-refractivity contribution in [2.24, 2.45) is 5.92 Å². The number of carbonyl (C=O) groups is 3. The fourth-order valence-corrected chi connectivity index (χ4v) is 4.20. The second-order valence-corrected chi connectivity index (χ2v) is 11.1. The van der Waals surface area contributed by atoms with E-state index in [2.05, 4.69) is 24.5 Å². The smallest absolute Gasteiger partial charge is 0.407 e. The maximum absolute atomic E-state index is 13.5. The molecular weight excluding hydrogens is 478 g/mol. The molecule has 8 nitrogen and oxygen atoms in total. The highest BCUT2D eigenvalue weighted by molar-refractivity contribution is 7.98. The van der Waals surface area contributed by atoms with Gasteiger partial charge in [-0.3, -0.25) is 9.69 Å². The zero-order valence-electron chi connectivity index (χ0n) is 23.1. The number of nitrogens with one attached hydrogen (secondary N) is 2. The first-order valence-electron chi connectivity index (χ1n) is 12.5. The van der Waals surface area contributed by atoms with Crippen LogP contribution in [0.2, 0.25) is 0 Å². The summed E-state index contributed by atoms with van der Waals surface area (Å²) in [6, 6.07) is 8.26. The van der Waals surface area contributed by atoms with Gasteiger partial charge in [0.05, 0.1) is 13.2 Å². The standard InChI is InChI=1S/C27H45N3O5S/c1-9-19(2)22(29-26(33)35-27(3,4)5)18-30(6)23(17-20-13-11-10-12-14-20)24(31)28-21(15-16-36-8)25(32)34-7/h10-14,19,21-23H,9,15-18H2,1-8H3,(H,28,31)(H,29,33)/t19-,21-,22+,23-/m0/s1. The third-order valence-corrected chi connectivity index (χ3v) is 6.68. The van der Waals surface area contributed by atoms with Crippen LogP contribution < -0.4 is 10.6 Å². The van der Waals surface area contributed by atoms with Crippen LogP contribution >= 0.6 is 11.8 Å². The minimum absolute atomic E-state index is 0.157. The van der Waals surface area contributed by atoms with Gasteiger partial charge >= 0.3 is 12.1 Å². The summed E-state index contributed by atoms with van der Waals surface area (Å²) in [6.07, 6.45) is 3.27. The fourth-order valence-electron chi connectivity index (χ4n) is 3.73. The van der Waals surface area contributed by atoms with Crippen LogP contribution in [0.25, 0.3) is 0 Å². The molecule has 0 radical (unpaired) electrons. The van der Waals surface area contributed by atoms with Gasteiger partial charge in [0.1, 0.15) is 11.6 Å². The molecular formula is C27H45N3O5S. The van der Waals surface area contributed by atoms with Crippen molar-refractivity contribution in [3.8, 4) is 0 Å². The molecule has 0 aromatic heterocycles. The Morgan fingerprint density at radius 2 is 1.75 bits per heavy atom.